The average Bonchev–Trinajstić information content (AvgIpc) is 2.79. The van der Waals surface area contributed by atoms with Crippen LogP contribution in [0.4, 0.5) is 0 Å². The van der Waals surface area contributed by atoms with E-state index in [1.807, 2.05) is 12.1 Å². The number of amides is 1. The van der Waals surface area contributed by atoms with E-state index >= 15 is 0 Å². The van der Waals surface area contributed by atoms with Gasteiger partial charge in [-0.15, -0.1) is 0 Å². The molecule has 30 heavy (non-hydrogen) atoms. The van der Waals surface area contributed by atoms with Gasteiger partial charge in [-0.2, -0.15) is 5.26 Å². The van der Waals surface area contributed by atoms with Crippen LogP contribution in [0.1, 0.15) is 54.9 Å². The molecule has 1 aliphatic carbocycles. The van der Waals surface area contributed by atoms with E-state index in [4.69, 9.17) is 9.47 Å². The van der Waals surface area contributed by atoms with Gasteiger partial charge < -0.3 is 14.4 Å². The molecular weight excluding hydrogens is 382 g/mol. The molecule has 0 spiro atoms. The highest BCUT2D eigenvalue weighted by Gasteiger charge is 2.40. The summed E-state index contributed by atoms with van der Waals surface area (Å²) in [6, 6.07) is 9.62. The van der Waals surface area contributed by atoms with Crippen LogP contribution in [0.3, 0.4) is 0 Å². The summed E-state index contributed by atoms with van der Waals surface area (Å²) in [5.74, 6) is -0.868. The molecule has 0 aromatic heterocycles. The van der Waals surface area contributed by atoms with Crippen molar-refractivity contribution < 1.29 is 19.1 Å². The van der Waals surface area contributed by atoms with E-state index in [-0.39, 0.29) is 5.91 Å². The largest absolute Gasteiger partial charge is 0.449 e. The predicted octanol–water partition coefficient (Wildman–Crippen LogP) is 2.75. The molecule has 0 unspecified atom stereocenters. The molecule has 2 fully saturated rings. The predicted molar refractivity (Wildman–Crippen MR) is 112 cm³/mol. The van der Waals surface area contributed by atoms with Crippen LogP contribution in [0.2, 0.25) is 0 Å². The number of carbonyl (C=O) groups is 2. The molecule has 0 N–H and O–H groups in total. The Morgan fingerprint density at radius 1 is 1.20 bits per heavy atom. The molecule has 1 heterocycles. The Labute approximate surface area is 178 Å². The molecule has 1 atom stereocenters. The summed E-state index contributed by atoms with van der Waals surface area (Å²) < 4.78 is 10.8. The summed E-state index contributed by atoms with van der Waals surface area (Å²) in [6.45, 7) is 5.68. The van der Waals surface area contributed by atoms with E-state index < -0.39 is 17.6 Å². The van der Waals surface area contributed by atoms with E-state index in [1.165, 1.54) is 4.90 Å². The fourth-order valence-corrected chi connectivity index (χ4v) is 4.19. The molecule has 1 saturated heterocycles. The van der Waals surface area contributed by atoms with Gasteiger partial charge in [-0.25, -0.2) is 4.79 Å². The first kappa shape index (κ1) is 22.3. The summed E-state index contributed by atoms with van der Waals surface area (Å²) >= 11 is 0. The molecule has 0 bridgehead atoms. The second-order valence-electron chi connectivity index (χ2n) is 8.23. The van der Waals surface area contributed by atoms with Crippen LogP contribution < -0.4 is 0 Å². The summed E-state index contributed by atoms with van der Waals surface area (Å²) in [6.07, 6.45) is 3.32. The fourth-order valence-electron chi connectivity index (χ4n) is 4.19. The zero-order valence-corrected chi connectivity index (χ0v) is 17.9. The van der Waals surface area contributed by atoms with Gasteiger partial charge in [0.15, 0.2) is 6.10 Å². The molecule has 1 aromatic rings. The number of likely N-dealkylation sites (N-methyl/N-ethyl adjacent to an activating group) is 1. The lowest BCUT2D eigenvalue weighted by atomic mass is 9.81. The van der Waals surface area contributed by atoms with Crippen molar-refractivity contribution in [3.05, 3.63) is 35.4 Å². The number of nitrogens with zero attached hydrogens (tertiary/aromatic N) is 3. The van der Waals surface area contributed by atoms with Gasteiger partial charge in [0.25, 0.3) is 5.91 Å². The smallest absolute Gasteiger partial charge is 0.338 e. The maximum Gasteiger partial charge on any atom is 0.338 e. The molecule has 3 rings (SSSR count). The summed E-state index contributed by atoms with van der Waals surface area (Å²) in [5.41, 5.74) is 0.734. The Balaban J connectivity index is 1.56. The van der Waals surface area contributed by atoms with Gasteiger partial charge in [0.05, 0.1) is 24.8 Å². The summed E-state index contributed by atoms with van der Waals surface area (Å²) in [5, 5.41) is 9.68. The second-order valence-corrected chi connectivity index (χ2v) is 8.23. The highest BCUT2D eigenvalue weighted by molar-refractivity contribution is 5.92. The maximum atomic E-state index is 12.8. The Hall–Kier alpha value is -2.43. The minimum Gasteiger partial charge on any atom is -0.449 e. The number of carbonyl (C=O) groups excluding carboxylic acids is 2. The first-order valence-electron chi connectivity index (χ1n) is 10.7. The lowest BCUT2D eigenvalue weighted by molar-refractivity contribution is -0.143. The number of hydrogen-bond acceptors (Lipinski definition) is 6. The molecular formula is C23H31N3O4. The number of ether oxygens (including phenoxy) is 2. The Morgan fingerprint density at radius 3 is 2.43 bits per heavy atom. The van der Waals surface area contributed by atoms with Crippen molar-refractivity contribution in [3.8, 4) is 6.07 Å². The van der Waals surface area contributed by atoms with Gasteiger partial charge in [-0.1, -0.05) is 31.4 Å². The fraction of sp³-hybridized carbons (Fsp3) is 0.609. The number of benzene rings is 1. The van der Waals surface area contributed by atoms with Crippen molar-refractivity contribution in [2.24, 2.45) is 0 Å². The van der Waals surface area contributed by atoms with Gasteiger partial charge in [0, 0.05) is 26.7 Å². The highest BCUT2D eigenvalue weighted by Crippen LogP contribution is 2.33. The van der Waals surface area contributed by atoms with Crippen LogP contribution in [0.5, 0.6) is 0 Å². The standard InChI is InChI=1S/C23H31N3O4/c1-18(21(27)25(2)23(17-24)10-4-3-5-11-23)30-22(28)20-8-6-19(7-9-20)16-26-12-14-29-15-13-26/h6-9,18H,3-5,10-16H2,1-2H3/t18-/m0/s1. The third kappa shape index (κ3) is 5.18. The zero-order valence-electron chi connectivity index (χ0n) is 17.9. The molecule has 1 aromatic carbocycles. The monoisotopic (exact) mass is 413 g/mol. The normalized spacial score (nSPS) is 20.0. The topological polar surface area (TPSA) is 82.9 Å². The lowest BCUT2D eigenvalue weighted by Crippen LogP contribution is -2.53. The summed E-state index contributed by atoms with van der Waals surface area (Å²) in [7, 11) is 1.64. The van der Waals surface area contributed by atoms with Crippen molar-refractivity contribution in [1.82, 2.24) is 9.80 Å². The molecule has 7 nitrogen and oxygen atoms in total. The molecule has 162 valence electrons. The van der Waals surface area contributed by atoms with Crippen molar-refractivity contribution in [1.29, 1.82) is 5.26 Å². The van der Waals surface area contributed by atoms with Gasteiger partial charge in [-0.3, -0.25) is 9.69 Å². The van der Waals surface area contributed by atoms with E-state index in [9.17, 15) is 14.9 Å². The number of rotatable bonds is 6. The first-order valence-corrected chi connectivity index (χ1v) is 10.7. The quantitative estimate of drug-likeness (QED) is 0.667. The van der Waals surface area contributed by atoms with Crippen molar-refractivity contribution in [2.45, 2.75) is 57.2 Å². The van der Waals surface area contributed by atoms with Gasteiger partial charge in [-0.05, 0) is 37.5 Å². The van der Waals surface area contributed by atoms with Crippen LogP contribution in [0.15, 0.2) is 24.3 Å². The molecule has 7 heteroatoms. The van der Waals surface area contributed by atoms with Gasteiger partial charge >= 0.3 is 5.97 Å². The minimum absolute atomic E-state index is 0.337. The summed E-state index contributed by atoms with van der Waals surface area (Å²) in [4.78, 5) is 29.1. The lowest BCUT2D eigenvalue weighted by Gasteiger charge is -2.39. The number of nitriles is 1. The van der Waals surface area contributed by atoms with Crippen LogP contribution >= 0.6 is 0 Å². The first-order chi connectivity index (χ1) is 14.4. The van der Waals surface area contributed by atoms with Crippen LogP contribution in [-0.4, -0.2) is 66.7 Å². The number of esters is 1. The maximum absolute atomic E-state index is 12.8. The SMILES string of the molecule is C[C@H](OC(=O)c1ccc(CN2CCOCC2)cc1)C(=O)N(C)C1(C#N)CCCCC1. The van der Waals surface area contributed by atoms with Gasteiger partial charge in [0.1, 0.15) is 5.54 Å². The second kappa shape index (κ2) is 10.1. The van der Waals surface area contributed by atoms with Crippen LogP contribution in [0.25, 0.3) is 0 Å². The van der Waals surface area contributed by atoms with Gasteiger partial charge in [0.2, 0.25) is 0 Å². The van der Waals surface area contributed by atoms with E-state index in [0.717, 1.165) is 57.7 Å². The highest BCUT2D eigenvalue weighted by atomic mass is 16.5. The van der Waals surface area contributed by atoms with E-state index in [0.29, 0.717) is 18.4 Å². The molecule has 1 saturated carbocycles. The molecule has 1 amide bonds. The average molecular weight is 414 g/mol. The van der Waals surface area contributed by atoms with E-state index in [2.05, 4.69) is 11.0 Å². The third-order valence-corrected chi connectivity index (χ3v) is 6.19. The Kier molecular flexibility index (Phi) is 7.46. The van der Waals surface area contributed by atoms with Crippen LogP contribution in [-0.2, 0) is 20.8 Å². The molecule has 0 radical (unpaired) electrons. The number of hydrogen-bond donors (Lipinski definition) is 0. The van der Waals surface area contributed by atoms with Crippen LogP contribution in [0, 0.1) is 11.3 Å². The minimum atomic E-state index is -0.942. The number of morpholine rings is 1. The Bertz CT molecular complexity index is 775. The van der Waals surface area contributed by atoms with E-state index in [1.54, 1.807) is 26.1 Å². The molecule has 1 aliphatic heterocycles. The van der Waals surface area contributed by atoms with Crippen molar-refractivity contribution in [2.75, 3.05) is 33.4 Å². The molecule has 2 aliphatic rings. The van der Waals surface area contributed by atoms with Crippen molar-refractivity contribution in [3.63, 3.8) is 0 Å². The zero-order chi connectivity index (χ0) is 21.6. The third-order valence-electron chi connectivity index (χ3n) is 6.19. The Morgan fingerprint density at radius 2 is 1.83 bits per heavy atom. The van der Waals surface area contributed by atoms with Crippen molar-refractivity contribution >= 4 is 11.9 Å².